The highest BCUT2D eigenvalue weighted by Gasteiger charge is 2.50. The van der Waals surface area contributed by atoms with Gasteiger partial charge in [-0.05, 0) is 23.2 Å². The summed E-state index contributed by atoms with van der Waals surface area (Å²) < 4.78 is 3.70. The molecule has 0 amide bonds. The Hall–Kier alpha value is -0.773. The molecule has 2 rings (SSSR count). The highest BCUT2D eigenvalue weighted by atomic mass is 35.5. The van der Waals surface area contributed by atoms with Gasteiger partial charge in [0.15, 0.2) is 0 Å². The number of Topliss-reactive ketones (excluding diaryl/α,β-unsaturated/α-hetero) is 1. The lowest BCUT2D eigenvalue weighted by Crippen LogP contribution is -2.33. The van der Waals surface area contributed by atoms with E-state index in [1.165, 1.54) is 0 Å². The number of rotatable bonds is 2. The number of ether oxygens (including phenoxy) is 1. The van der Waals surface area contributed by atoms with Crippen LogP contribution in [-0.4, -0.2) is 18.4 Å². The number of hydrogen-bond donors (Lipinski definition) is 0. The second-order valence-corrected chi connectivity index (χ2v) is 11.5. The summed E-state index contributed by atoms with van der Waals surface area (Å²) >= 11 is 11.9. The third kappa shape index (κ3) is 2.35. The molecular formula is C13H14Cl2O2Si. The number of benzene rings is 1. The van der Waals surface area contributed by atoms with Crippen molar-refractivity contribution in [3.63, 3.8) is 0 Å². The van der Waals surface area contributed by atoms with Gasteiger partial charge in [0.25, 0.3) is 0 Å². The Morgan fingerprint density at radius 3 is 2.17 bits per heavy atom. The Bertz CT molecular complexity index is 516. The van der Waals surface area contributed by atoms with Crippen molar-refractivity contribution < 1.29 is 9.53 Å². The van der Waals surface area contributed by atoms with E-state index in [9.17, 15) is 4.79 Å². The van der Waals surface area contributed by atoms with E-state index in [2.05, 4.69) is 19.6 Å². The molecule has 1 heterocycles. The van der Waals surface area contributed by atoms with Gasteiger partial charge in [0.1, 0.15) is 5.76 Å². The van der Waals surface area contributed by atoms with Gasteiger partial charge in [0.05, 0.1) is 8.07 Å². The molecule has 0 saturated heterocycles. The van der Waals surface area contributed by atoms with Crippen LogP contribution in [0.2, 0.25) is 19.6 Å². The predicted octanol–water partition coefficient (Wildman–Crippen LogP) is 4.01. The molecule has 0 spiro atoms. The smallest absolute Gasteiger partial charge is 0.322 e. The first-order chi connectivity index (χ1) is 8.23. The normalized spacial score (nSPS) is 19.1. The van der Waals surface area contributed by atoms with Gasteiger partial charge in [-0.1, -0.05) is 50.0 Å². The summed E-state index contributed by atoms with van der Waals surface area (Å²) in [7, 11) is -1.89. The first kappa shape index (κ1) is 13.7. The molecule has 0 atom stereocenters. The van der Waals surface area contributed by atoms with E-state index in [1.807, 2.05) is 30.3 Å². The lowest BCUT2D eigenvalue weighted by Gasteiger charge is -2.17. The van der Waals surface area contributed by atoms with Crippen molar-refractivity contribution in [2.24, 2.45) is 0 Å². The van der Waals surface area contributed by atoms with Crippen LogP contribution in [0, 0.1) is 0 Å². The Balaban J connectivity index is 2.61. The van der Waals surface area contributed by atoms with Crippen LogP contribution in [0.1, 0.15) is 5.56 Å². The minimum Gasteiger partial charge on any atom is -0.451 e. The molecule has 0 fully saturated rings. The first-order valence-corrected chi connectivity index (χ1v) is 9.91. The average Bonchev–Trinajstić information content (AvgIpc) is 2.51. The van der Waals surface area contributed by atoms with E-state index in [0.717, 1.165) is 5.56 Å². The SMILES string of the molecule is C[Si](C)(C)C1=C(c2ccccc2)OC(Cl)(Cl)C1=O. The molecule has 1 aliphatic rings. The van der Waals surface area contributed by atoms with Crippen LogP contribution in [0.15, 0.2) is 35.5 Å². The molecule has 96 valence electrons. The largest absolute Gasteiger partial charge is 0.451 e. The zero-order valence-corrected chi connectivity index (χ0v) is 13.0. The molecule has 0 radical (unpaired) electrons. The van der Waals surface area contributed by atoms with Crippen LogP contribution < -0.4 is 0 Å². The van der Waals surface area contributed by atoms with Crippen molar-refractivity contribution >= 4 is 42.8 Å². The number of carbonyl (C=O) groups excluding carboxylic acids is 1. The van der Waals surface area contributed by atoms with E-state index in [4.69, 9.17) is 27.9 Å². The van der Waals surface area contributed by atoms with Gasteiger partial charge >= 0.3 is 4.52 Å². The topological polar surface area (TPSA) is 26.3 Å². The molecule has 5 heteroatoms. The summed E-state index contributed by atoms with van der Waals surface area (Å²) in [6, 6.07) is 9.46. The fraction of sp³-hybridized carbons (Fsp3) is 0.308. The Labute approximate surface area is 118 Å². The van der Waals surface area contributed by atoms with Crippen LogP contribution in [0.4, 0.5) is 0 Å². The van der Waals surface area contributed by atoms with Gasteiger partial charge < -0.3 is 4.74 Å². The predicted molar refractivity (Wildman–Crippen MR) is 77.2 cm³/mol. The monoisotopic (exact) mass is 300 g/mol. The highest BCUT2D eigenvalue weighted by Crippen LogP contribution is 2.44. The van der Waals surface area contributed by atoms with Crippen LogP contribution >= 0.6 is 23.2 Å². The number of ketones is 1. The molecule has 0 N–H and O–H groups in total. The maximum atomic E-state index is 12.2. The fourth-order valence-corrected chi connectivity index (χ4v) is 4.18. The van der Waals surface area contributed by atoms with Gasteiger partial charge in [-0.25, -0.2) is 0 Å². The van der Waals surface area contributed by atoms with Crippen molar-refractivity contribution in [2.45, 2.75) is 24.2 Å². The van der Waals surface area contributed by atoms with E-state index < -0.39 is 12.6 Å². The minimum absolute atomic E-state index is 0.316. The lowest BCUT2D eigenvalue weighted by molar-refractivity contribution is -0.119. The minimum atomic E-state index is -1.89. The number of hydrogen-bond acceptors (Lipinski definition) is 2. The molecule has 0 unspecified atom stereocenters. The molecule has 2 nitrogen and oxygen atoms in total. The quantitative estimate of drug-likeness (QED) is 0.609. The van der Waals surface area contributed by atoms with Gasteiger partial charge in [-0.2, -0.15) is 0 Å². The first-order valence-electron chi connectivity index (χ1n) is 5.65. The Morgan fingerprint density at radius 1 is 1.11 bits per heavy atom. The summed E-state index contributed by atoms with van der Waals surface area (Å²) in [5.41, 5.74) is 0.839. The third-order valence-electron chi connectivity index (χ3n) is 2.73. The highest BCUT2D eigenvalue weighted by molar-refractivity contribution is 6.90. The molecular weight excluding hydrogens is 287 g/mol. The van der Waals surface area contributed by atoms with Gasteiger partial charge in [-0.3, -0.25) is 4.79 Å². The third-order valence-corrected chi connectivity index (χ3v) is 5.19. The Kier molecular flexibility index (Phi) is 3.34. The molecule has 1 aromatic carbocycles. The summed E-state index contributed by atoms with van der Waals surface area (Å²) in [6.07, 6.45) is 0. The van der Waals surface area contributed by atoms with Crippen LogP contribution in [-0.2, 0) is 9.53 Å². The number of carbonyl (C=O) groups is 1. The van der Waals surface area contributed by atoms with Gasteiger partial charge in [0, 0.05) is 10.8 Å². The standard InChI is InChI=1S/C13H14Cl2O2Si/c1-18(2,3)11-10(9-7-5-4-6-8-9)17-13(14,15)12(11)16/h4-8H,1-3H3. The lowest BCUT2D eigenvalue weighted by atomic mass is 10.2. The number of alkyl halides is 2. The maximum absolute atomic E-state index is 12.2. The van der Waals surface area contributed by atoms with Gasteiger partial charge in [-0.15, -0.1) is 0 Å². The van der Waals surface area contributed by atoms with E-state index >= 15 is 0 Å². The summed E-state index contributed by atoms with van der Waals surface area (Å²) in [5.74, 6) is 0.216. The molecule has 0 bridgehead atoms. The average molecular weight is 301 g/mol. The van der Waals surface area contributed by atoms with Crippen LogP contribution in [0.5, 0.6) is 0 Å². The second kappa shape index (κ2) is 4.40. The van der Waals surface area contributed by atoms with Crippen molar-refractivity contribution in [1.82, 2.24) is 0 Å². The van der Waals surface area contributed by atoms with Crippen molar-refractivity contribution in [2.75, 3.05) is 0 Å². The van der Waals surface area contributed by atoms with Crippen molar-refractivity contribution in [3.8, 4) is 0 Å². The van der Waals surface area contributed by atoms with E-state index in [1.54, 1.807) is 0 Å². The Morgan fingerprint density at radius 2 is 1.67 bits per heavy atom. The van der Waals surface area contributed by atoms with Crippen LogP contribution in [0.3, 0.4) is 0 Å². The fourth-order valence-electron chi connectivity index (χ4n) is 1.95. The maximum Gasteiger partial charge on any atom is 0.322 e. The molecule has 0 saturated carbocycles. The molecule has 1 aliphatic heterocycles. The number of halogens is 2. The van der Waals surface area contributed by atoms with E-state index in [-0.39, 0.29) is 5.78 Å². The molecule has 0 aliphatic carbocycles. The van der Waals surface area contributed by atoms with Crippen molar-refractivity contribution in [3.05, 3.63) is 41.1 Å². The summed E-state index contributed by atoms with van der Waals surface area (Å²) in [6.45, 7) is 6.21. The summed E-state index contributed by atoms with van der Waals surface area (Å²) in [5, 5.41) is 0.665. The zero-order valence-electron chi connectivity index (χ0n) is 10.5. The van der Waals surface area contributed by atoms with Crippen molar-refractivity contribution in [1.29, 1.82) is 0 Å². The molecule has 0 aromatic heterocycles. The van der Waals surface area contributed by atoms with E-state index in [0.29, 0.717) is 11.0 Å². The van der Waals surface area contributed by atoms with Crippen LogP contribution in [0.25, 0.3) is 5.76 Å². The zero-order chi connectivity index (χ0) is 13.6. The molecule has 18 heavy (non-hydrogen) atoms. The second-order valence-electron chi connectivity index (χ2n) is 5.27. The summed E-state index contributed by atoms with van der Waals surface area (Å²) in [4.78, 5) is 12.2. The molecule has 1 aromatic rings. The van der Waals surface area contributed by atoms with Gasteiger partial charge in [0.2, 0.25) is 5.78 Å².